The molecule has 19 heavy (non-hydrogen) atoms. The van der Waals surface area contributed by atoms with Gasteiger partial charge in [-0.1, -0.05) is 49.5 Å². The van der Waals surface area contributed by atoms with Crippen molar-refractivity contribution in [1.82, 2.24) is 0 Å². The van der Waals surface area contributed by atoms with E-state index in [2.05, 4.69) is 37.2 Å². The Hall–Kier alpha value is -0.840. The number of hydrogen-bond acceptors (Lipinski definition) is 1. The summed E-state index contributed by atoms with van der Waals surface area (Å²) in [5.74, 6) is -0.174. The summed E-state index contributed by atoms with van der Waals surface area (Å²) in [5, 5.41) is 3.49. The molecular weight excluding hydrogens is 393 g/mol. The molecule has 1 amide bonds. The molecule has 0 aromatic heterocycles. The van der Waals surface area contributed by atoms with E-state index in [1.54, 1.807) is 18.2 Å². The summed E-state index contributed by atoms with van der Waals surface area (Å²) < 4.78 is 1.68. The van der Waals surface area contributed by atoms with E-state index in [0.29, 0.717) is 16.3 Å². The van der Waals surface area contributed by atoms with Crippen LogP contribution in [0.3, 0.4) is 0 Å². The van der Waals surface area contributed by atoms with Crippen molar-refractivity contribution >= 4 is 55.1 Å². The van der Waals surface area contributed by atoms with Gasteiger partial charge in [0.05, 0.1) is 0 Å². The third kappa shape index (κ3) is 3.59. The molecule has 2 aromatic rings. The quantitative estimate of drug-likeness (QED) is 0.712. The van der Waals surface area contributed by atoms with Gasteiger partial charge in [-0.2, -0.15) is 0 Å². The van der Waals surface area contributed by atoms with Crippen molar-refractivity contribution in [1.29, 1.82) is 0 Å². The second-order valence-corrected chi connectivity index (χ2v) is 6.26. The summed E-state index contributed by atoms with van der Waals surface area (Å²) in [6.07, 6.45) is 0. The maximum atomic E-state index is 12.2. The fraction of sp³-hybridized carbons (Fsp3) is 0.0714. The lowest BCUT2D eigenvalue weighted by Gasteiger charge is -2.10. The van der Waals surface area contributed by atoms with Crippen LogP contribution in [0.5, 0.6) is 0 Å². The SMILES string of the molecule is Cc1c(Cl)cccc1NC(=O)c1cc(Br)cc(Br)c1. The van der Waals surface area contributed by atoms with Crippen LogP contribution in [0.2, 0.25) is 5.02 Å². The Labute approximate surface area is 133 Å². The zero-order valence-electron chi connectivity index (χ0n) is 10.0. The minimum atomic E-state index is -0.174. The summed E-state index contributed by atoms with van der Waals surface area (Å²) in [5.41, 5.74) is 2.14. The first kappa shape index (κ1) is 14.6. The van der Waals surface area contributed by atoms with Gasteiger partial charge in [0.15, 0.2) is 0 Å². The number of carbonyl (C=O) groups is 1. The maximum absolute atomic E-state index is 12.2. The van der Waals surface area contributed by atoms with Gasteiger partial charge in [0.25, 0.3) is 5.91 Å². The molecule has 0 spiro atoms. The van der Waals surface area contributed by atoms with Crippen molar-refractivity contribution in [3.63, 3.8) is 0 Å². The van der Waals surface area contributed by atoms with Crippen molar-refractivity contribution in [3.8, 4) is 0 Å². The number of nitrogens with one attached hydrogen (secondary N) is 1. The van der Waals surface area contributed by atoms with Gasteiger partial charge in [-0.05, 0) is 42.8 Å². The van der Waals surface area contributed by atoms with Crippen LogP contribution in [0.15, 0.2) is 45.3 Å². The van der Waals surface area contributed by atoms with Crippen LogP contribution in [-0.2, 0) is 0 Å². The Bertz CT molecular complexity index is 623. The predicted octanol–water partition coefficient (Wildman–Crippen LogP) is 5.43. The van der Waals surface area contributed by atoms with E-state index in [4.69, 9.17) is 11.6 Å². The summed E-state index contributed by atoms with van der Waals surface area (Å²) >= 11 is 12.8. The lowest BCUT2D eigenvalue weighted by atomic mass is 10.1. The fourth-order valence-corrected chi connectivity index (χ4v) is 3.09. The van der Waals surface area contributed by atoms with Crippen LogP contribution in [0.1, 0.15) is 15.9 Å². The molecule has 0 fully saturated rings. The molecule has 0 unspecified atom stereocenters. The second-order valence-electron chi connectivity index (χ2n) is 4.02. The first-order valence-corrected chi connectivity index (χ1v) is 7.46. The zero-order valence-corrected chi connectivity index (χ0v) is 13.9. The van der Waals surface area contributed by atoms with Crippen molar-refractivity contribution in [3.05, 3.63) is 61.5 Å². The average molecular weight is 404 g/mol. The fourth-order valence-electron chi connectivity index (χ4n) is 1.62. The zero-order chi connectivity index (χ0) is 14.0. The number of benzene rings is 2. The molecule has 2 rings (SSSR count). The van der Waals surface area contributed by atoms with Gasteiger partial charge in [-0.3, -0.25) is 4.79 Å². The number of carbonyl (C=O) groups excluding carboxylic acids is 1. The molecule has 2 nitrogen and oxygen atoms in total. The van der Waals surface area contributed by atoms with E-state index in [0.717, 1.165) is 14.5 Å². The lowest BCUT2D eigenvalue weighted by molar-refractivity contribution is 0.102. The summed E-state index contributed by atoms with van der Waals surface area (Å²) in [6, 6.07) is 10.8. The van der Waals surface area contributed by atoms with Gasteiger partial charge in [-0.25, -0.2) is 0 Å². The van der Waals surface area contributed by atoms with Crippen molar-refractivity contribution in [2.75, 3.05) is 5.32 Å². The summed E-state index contributed by atoms with van der Waals surface area (Å²) in [4.78, 5) is 12.2. The molecule has 0 atom stereocenters. The molecule has 0 saturated carbocycles. The molecule has 0 aliphatic carbocycles. The molecule has 0 heterocycles. The highest BCUT2D eigenvalue weighted by Gasteiger charge is 2.10. The summed E-state index contributed by atoms with van der Waals surface area (Å²) in [7, 11) is 0. The molecule has 98 valence electrons. The van der Waals surface area contributed by atoms with Gasteiger partial charge >= 0.3 is 0 Å². The van der Waals surface area contributed by atoms with E-state index >= 15 is 0 Å². The Morgan fingerprint density at radius 2 is 1.79 bits per heavy atom. The largest absolute Gasteiger partial charge is 0.322 e. The van der Waals surface area contributed by atoms with Gasteiger partial charge in [0, 0.05) is 25.2 Å². The average Bonchev–Trinajstić information content (AvgIpc) is 2.33. The van der Waals surface area contributed by atoms with E-state index in [-0.39, 0.29) is 5.91 Å². The van der Waals surface area contributed by atoms with Crippen molar-refractivity contribution in [2.45, 2.75) is 6.92 Å². The minimum Gasteiger partial charge on any atom is -0.322 e. The van der Waals surface area contributed by atoms with Crippen molar-refractivity contribution < 1.29 is 4.79 Å². The van der Waals surface area contributed by atoms with E-state index in [1.165, 1.54) is 0 Å². The van der Waals surface area contributed by atoms with Gasteiger partial charge in [0.1, 0.15) is 0 Å². The van der Waals surface area contributed by atoms with Crippen LogP contribution in [-0.4, -0.2) is 5.91 Å². The molecule has 0 aliphatic rings. The van der Waals surface area contributed by atoms with Crippen LogP contribution >= 0.6 is 43.5 Å². The Morgan fingerprint density at radius 1 is 1.16 bits per heavy atom. The molecule has 0 bridgehead atoms. The first-order valence-electron chi connectivity index (χ1n) is 5.50. The van der Waals surface area contributed by atoms with Crippen LogP contribution in [0.25, 0.3) is 0 Å². The molecule has 0 saturated heterocycles. The van der Waals surface area contributed by atoms with Gasteiger partial charge in [0.2, 0.25) is 0 Å². The number of halogens is 3. The molecule has 0 aliphatic heterocycles. The second kappa shape index (κ2) is 6.07. The highest BCUT2D eigenvalue weighted by molar-refractivity contribution is 9.11. The van der Waals surface area contributed by atoms with Crippen LogP contribution in [0.4, 0.5) is 5.69 Å². The number of hydrogen-bond donors (Lipinski definition) is 1. The molecular formula is C14H10Br2ClNO. The van der Waals surface area contributed by atoms with E-state index in [1.807, 2.05) is 25.1 Å². The number of amides is 1. The third-order valence-corrected chi connectivity index (χ3v) is 3.97. The number of rotatable bonds is 2. The topological polar surface area (TPSA) is 29.1 Å². The van der Waals surface area contributed by atoms with E-state index < -0.39 is 0 Å². The standard InChI is InChI=1S/C14H10Br2ClNO/c1-8-12(17)3-2-4-13(8)18-14(19)9-5-10(15)7-11(16)6-9/h2-7H,1H3,(H,18,19). The summed E-state index contributed by atoms with van der Waals surface area (Å²) in [6.45, 7) is 1.87. The van der Waals surface area contributed by atoms with Gasteiger partial charge in [-0.15, -0.1) is 0 Å². The van der Waals surface area contributed by atoms with Gasteiger partial charge < -0.3 is 5.32 Å². The molecule has 0 radical (unpaired) electrons. The highest BCUT2D eigenvalue weighted by Crippen LogP contribution is 2.25. The smallest absolute Gasteiger partial charge is 0.255 e. The predicted molar refractivity (Wildman–Crippen MR) is 86.0 cm³/mol. The number of anilines is 1. The lowest BCUT2D eigenvalue weighted by Crippen LogP contribution is -2.12. The van der Waals surface area contributed by atoms with E-state index in [9.17, 15) is 4.79 Å². The van der Waals surface area contributed by atoms with Crippen molar-refractivity contribution in [2.24, 2.45) is 0 Å². The Morgan fingerprint density at radius 3 is 2.42 bits per heavy atom. The Kier molecular flexibility index (Phi) is 4.66. The monoisotopic (exact) mass is 401 g/mol. The molecule has 2 aromatic carbocycles. The molecule has 5 heteroatoms. The van der Waals surface area contributed by atoms with Crippen LogP contribution < -0.4 is 5.32 Å². The first-order chi connectivity index (χ1) is 8.97. The Balaban J connectivity index is 2.28. The highest BCUT2D eigenvalue weighted by atomic mass is 79.9. The third-order valence-electron chi connectivity index (χ3n) is 2.64. The normalized spacial score (nSPS) is 10.3. The maximum Gasteiger partial charge on any atom is 0.255 e. The molecule has 1 N–H and O–H groups in total. The minimum absolute atomic E-state index is 0.174. The van der Waals surface area contributed by atoms with Crippen LogP contribution in [0, 0.1) is 6.92 Å².